The van der Waals surface area contributed by atoms with E-state index in [1.165, 1.54) is 16.7 Å². The summed E-state index contributed by atoms with van der Waals surface area (Å²) in [6.45, 7) is 0.639. The highest BCUT2D eigenvalue weighted by atomic mass is 127. The second-order valence-corrected chi connectivity index (χ2v) is 8.69. The van der Waals surface area contributed by atoms with E-state index >= 15 is 0 Å². The minimum Gasteiger partial charge on any atom is -0.389 e. The summed E-state index contributed by atoms with van der Waals surface area (Å²) in [6.07, 6.45) is 3.45. The van der Waals surface area contributed by atoms with E-state index in [0.29, 0.717) is 12.4 Å². The summed E-state index contributed by atoms with van der Waals surface area (Å²) < 4.78 is 6.30. The maximum Gasteiger partial charge on any atom is 0.383 e. The van der Waals surface area contributed by atoms with Crippen LogP contribution in [0, 0.1) is 0 Å². The fourth-order valence-electron chi connectivity index (χ4n) is 3.78. The number of aryl methyl sites for hydroxylation is 1. The number of imidazole rings is 1. The monoisotopic (exact) mass is 540 g/mol. The number of hydrogen-bond donors (Lipinski definition) is 0. The first kappa shape index (κ1) is 21.6. The molecule has 31 heavy (non-hydrogen) atoms. The maximum atomic E-state index is 12.0. The molecule has 4 nitrogen and oxygen atoms in total. The van der Waals surface area contributed by atoms with E-state index in [4.69, 9.17) is 3.07 Å². The lowest BCUT2D eigenvalue weighted by Gasteiger charge is -2.35. The van der Waals surface area contributed by atoms with Gasteiger partial charge in [0.15, 0.2) is 23.0 Å². The molecule has 0 saturated carbocycles. The Morgan fingerprint density at radius 2 is 1.35 bits per heavy atom. The summed E-state index contributed by atoms with van der Waals surface area (Å²) in [6, 6.07) is 31.7. The largest absolute Gasteiger partial charge is 0.389 e. The lowest BCUT2D eigenvalue weighted by molar-refractivity contribution is 0.0783. The van der Waals surface area contributed by atoms with E-state index < -0.39 is 5.97 Å². The fourth-order valence-corrected chi connectivity index (χ4v) is 5.48. The first-order valence-corrected chi connectivity index (χ1v) is 11.8. The number of thioether (sulfide) groups is 1. The molecule has 0 aliphatic rings. The topological polar surface area (TPSA) is 44.1 Å². The standard InChI is InChI=1S/C25H21IN2O2S/c26-30-24(29)23-27-16-17-28(23)18-19-31-25(20-10-4-1-5-11-20,21-12-6-2-7-13-21)22-14-8-3-9-15-22/h1-17H,18-19H2. The molecule has 0 radical (unpaired) electrons. The van der Waals surface area contributed by atoms with E-state index in [-0.39, 0.29) is 4.75 Å². The van der Waals surface area contributed by atoms with Crippen molar-refractivity contribution in [3.05, 3.63) is 126 Å². The van der Waals surface area contributed by atoms with Crippen LogP contribution in [-0.4, -0.2) is 21.3 Å². The van der Waals surface area contributed by atoms with Crippen LogP contribution in [0.25, 0.3) is 0 Å². The highest BCUT2D eigenvalue weighted by Gasteiger charge is 2.36. The number of rotatable bonds is 8. The Morgan fingerprint density at radius 1 is 0.871 bits per heavy atom. The maximum absolute atomic E-state index is 12.0. The molecule has 0 atom stereocenters. The SMILES string of the molecule is O=C(OI)c1nccn1CCSC(c1ccccc1)(c1ccccc1)c1ccccc1. The molecule has 1 heterocycles. The minimum atomic E-state index is -0.434. The number of nitrogens with zero attached hydrogens (tertiary/aromatic N) is 2. The van der Waals surface area contributed by atoms with Crippen LogP contribution in [0.1, 0.15) is 27.3 Å². The molecular weight excluding hydrogens is 519 g/mol. The molecule has 0 saturated heterocycles. The molecule has 0 bridgehead atoms. The zero-order valence-corrected chi connectivity index (χ0v) is 19.7. The smallest absolute Gasteiger partial charge is 0.383 e. The molecule has 0 amide bonds. The molecule has 4 rings (SSSR count). The van der Waals surface area contributed by atoms with Gasteiger partial charge in [-0.25, -0.2) is 9.78 Å². The van der Waals surface area contributed by atoms with Crippen molar-refractivity contribution < 1.29 is 7.86 Å². The van der Waals surface area contributed by atoms with Crippen LogP contribution in [0.5, 0.6) is 0 Å². The van der Waals surface area contributed by atoms with Crippen molar-refractivity contribution in [2.45, 2.75) is 11.3 Å². The zero-order valence-electron chi connectivity index (χ0n) is 16.7. The van der Waals surface area contributed by atoms with Crippen LogP contribution < -0.4 is 0 Å². The van der Waals surface area contributed by atoms with Crippen LogP contribution in [-0.2, 0) is 14.4 Å². The Kier molecular flexibility index (Phi) is 7.09. The van der Waals surface area contributed by atoms with Crippen LogP contribution in [0.15, 0.2) is 103 Å². The molecule has 0 unspecified atom stereocenters. The molecule has 3 aromatic carbocycles. The van der Waals surface area contributed by atoms with Crippen molar-refractivity contribution in [1.82, 2.24) is 9.55 Å². The van der Waals surface area contributed by atoms with Crippen molar-refractivity contribution in [1.29, 1.82) is 0 Å². The van der Waals surface area contributed by atoms with Gasteiger partial charge in [-0.15, -0.1) is 11.8 Å². The molecule has 156 valence electrons. The third-order valence-corrected chi connectivity index (χ3v) is 7.09. The van der Waals surface area contributed by atoms with Gasteiger partial charge in [0.2, 0.25) is 5.82 Å². The quantitative estimate of drug-likeness (QED) is 0.200. The highest BCUT2D eigenvalue weighted by Crippen LogP contribution is 2.48. The Labute approximate surface area is 200 Å². The molecule has 0 aliphatic carbocycles. The third kappa shape index (κ3) is 4.55. The van der Waals surface area contributed by atoms with E-state index in [2.05, 4.69) is 77.8 Å². The Bertz CT molecular complexity index is 1020. The predicted molar refractivity (Wildman–Crippen MR) is 133 cm³/mol. The van der Waals surface area contributed by atoms with Gasteiger partial charge in [0.05, 0.1) is 4.75 Å². The van der Waals surface area contributed by atoms with Gasteiger partial charge in [-0.2, -0.15) is 0 Å². The average Bonchev–Trinajstić information content (AvgIpc) is 3.32. The summed E-state index contributed by atoms with van der Waals surface area (Å²) in [5, 5.41) is 0. The van der Waals surface area contributed by atoms with Crippen LogP contribution in [0.2, 0.25) is 0 Å². The Morgan fingerprint density at radius 3 is 1.81 bits per heavy atom. The van der Waals surface area contributed by atoms with Gasteiger partial charge >= 0.3 is 5.97 Å². The van der Waals surface area contributed by atoms with Crippen LogP contribution in [0.4, 0.5) is 0 Å². The second kappa shape index (κ2) is 10.2. The average molecular weight is 540 g/mol. The normalized spacial score (nSPS) is 11.3. The van der Waals surface area contributed by atoms with Gasteiger partial charge in [0.25, 0.3) is 0 Å². The molecule has 4 aromatic rings. The first-order valence-electron chi connectivity index (χ1n) is 9.90. The number of hydrogen-bond acceptors (Lipinski definition) is 4. The predicted octanol–water partition coefficient (Wildman–Crippen LogP) is 6.12. The van der Waals surface area contributed by atoms with Crippen molar-refractivity contribution in [2.75, 3.05) is 5.75 Å². The number of carbonyl (C=O) groups is 1. The van der Waals surface area contributed by atoms with Crippen molar-refractivity contribution in [3.8, 4) is 0 Å². The van der Waals surface area contributed by atoms with Gasteiger partial charge in [0, 0.05) is 24.7 Å². The molecule has 0 aliphatic heterocycles. The van der Waals surface area contributed by atoms with E-state index in [1.54, 1.807) is 29.2 Å². The lowest BCUT2D eigenvalue weighted by atomic mass is 9.84. The van der Waals surface area contributed by atoms with E-state index in [0.717, 1.165) is 5.75 Å². The van der Waals surface area contributed by atoms with Crippen LogP contribution >= 0.6 is 34.8 Å². The minimum absolute atomic E-state index is 0.319. The van der Waals surface area contributed by atoms with Gasteiger partial charge in [0.1, 0.15) is 0 Å². The highest BCUT2D eigenvalue weighted by molar-refractivity contribution is 14.1. The van der Waals surface area contributed by atoms with Gasteiger partial charge in [-0.1, -0.05) is 91.0 Å². The molecule has 1 aromatic heterocycles. The molecular formula is C25H21IN2O2S. The van der Waals surface area contributed by atoms with Gasteiger partial charge in [-0.3, -0.25) is 0 Å². The summed E-state index contributed by atoms with van der Waals surface area (Å²) in [4.78, 5) is 16.2. The molecule has 0 fully saturated rings. The molecule has 0 N–H and O–H groups in total. The number of aromatic nitrogens is 2. The fraction of sp³-hybridized carbons (Fsp3) is 0.120. The Hall–Kier alpha value is -2.58. The first-order chi connectivity index (χ1) is 15.3. The number of benzene rings is 3. The van der Waals surface area contributed by atoms with Crippen molar-refractivity contribution >= 4 is 40.7 Å². The second-order valence-electron chi connectivity index (χ2n) is 6.94. The Balaban J connectivity index is 1.74. The van der Waals surface area contributed by atoms with E-state index in [9.17, 15) is 4.79 Å². The summed E-state index contributed by atoms with van der Waals surface area (Å²) in [7, 11) is 0. The summed E-state index contributed by atoms with van der Waals surface area (Å²) in [5.41, 5.74) is 3.65. The molecule has 6 heteroatoms. The summed E-state index contributed by atoms with van der Waals surface area (Å²) >= 11 is 3.45. The third-order valence-electron chi connectivity index (χ3n) is 5.16. The number of halogens is 1. The summed E-state index contributed by atoms with van der Waals surface area (Å²) in [5.74, 6) is 0.659. The van der Waals surface area contributed by atoms with Crippen molar-refractivity contribution in [2.24, 2.45) is 0 Å². The van der Waals surface area contributed by atoms with Gasteiger partial charge in [-0.05, 0) is 16.7 Å². The van der Waals surface area contributed by atoms with E-state index in [1.807, 2.05) is 40.7 Å². The molecule has 0 spiro atoms. The zero-order chi connectivity index (χ0) is 21.5. The number of carbonyl (C=O) groups excluding carboxylic acids is 1. The lowest BCUT2D eigenvalue weighted by Crippen LogP contribution is -2.27. The van der Waals surface area contributed by atoms with Crippen LogP contribution in [0.3, 0.4) is 0 Å². The van der Waals surface area contributed by atoms with Crippen molar-refractivity contribution in [3.63, 3.8) is 0 Å². The van der Waals surface area contributed by atoms with Gasteiger partial charge < -0.3 is 7.63 Å².